The Morgan fingerprint density at radius 1 is 1.40 bits per heavy atom. The van der Waals surface area contributed by atoms with Crippen molar-refractivity contribution in [2.75, 3.05) is 6.54 Å². The average Bonchev–Trinajstić information content (AvgIpc) is 2.66. The number of likely N-dealkylation sites (tertiary alicyclic amines) is 1. The first kappa shape index (κ1) is 11.5. The molecule has 1 rings (SSSR count). The molecule has 4 nitrogen and oxygen atoms in total. The minimum atomic E-state index is -0.916. The number of nitrogens with zero attached hydrogens (tertiary/aromatic N) is 1. The highest BCUT2D eigenvalue weighted by Crippen LogP contribution is 2.17. The van der Waals surface area contributed by atoms with Crippen LogP contribution in [0.3, 0.4) is 0 Å². The smallest absolute Gasteiger partial charge is 0.326 e. The van der Waals surface area contributed by atoms with Crippen LogP contribution in [0.5, 0.6) is 0 Å². The maximum Gasteiger partial charge on any atom is 0.326 e. The van der Waals surface area contributed by atoms with Gasteiger partial charge in [-0.2, -0.15) is 0 Å². The van der Waals surface area contributed by atoms with Gasteiger partial charge < -0.3 is 10.0 Å². The van der Waals surface area contributed by atoms with Gasteiger partial charge >= 0.3 is 5.97 Å². The second-order valence-corrected chi connectivity index (χ2v) is 3.41. The molecule has 1 amide bonds. The van der Waals surface area contributed by atoms with Crippen molar-refractivity contribution >= 4 is 11.9 Å². The molecule has 1 atom stereocenters. The van der Waals surface area contributed by atoms with Gasteiger partial charge in [-0.3, -0.25) is 4.79 Å². The summed E-state index contributed by atoms with van der Waals surface area (Å²) in [6, 6.07) is -0.646. The van der Waals surface area contributed by atoms with Gasteiger partial charge in [-0.05, 0) is 19.8 Å². The zero-order chi connectivity index (χ0) is 11.3. The van der Waals surface area contributed by atoms with Crippen molar-refractivity contribution in [2.45, 2.75) is 25.8 Å². The van der Waals surface area contributed by atoms with Gasteiger partial charge in [0, 0.05) is 12.6 Å². The normalized spacial score (nSPS) is 21.7. The lowest BCUT2D eigenvalue weighted by molar-refractivity contribution is -0.146. The molecule has 0 aromatic rings. The van der Waals surface area contributed by atoms with Crippen molar-refractivity contribution in [1.29, 1.82) is 0 Å². The molecule has 1 fully saturated rings. The van der Waals surface area contributed by atoms with E-state index >= 15 is 0 Å². The van der Waals surface area contributed by atoms with E-state index in [0.29, 0.717) is 13.0 Å². The van der Waals surface area contributed by atoms with Crippen LogP contribution in [-0.4, -0.2) is 34.5 Å². The number of allylic oxidation sites excluding steroid dienone is 3. The van der Waals surface area contributed by atoms with Crippen LogP contribution in [0, 0.1) is 0 Å². The van der Waals surface area contributed by atoms with Crippen LogP contribution in [0.4, 0.5) is 0 Å². The maximum absolute atomic E-state index is 11.6. The molecule has 0 aromatic heterocycles. The molecule has 82 valence electrons. The van der Waals surface area contributed by atoms with Crippen LogP contribution in [-0.2, 0) is 9.59 Å². The lowest BCUT2D eigenvalue weighted by atomic mass is 10.2. The maximum atomic E-state index is 11.6. The van der Waals surface area contributed by atoms with E-state index in [1.165, 1.54) is 11.0 Å². The third-order valence-electron chi connectivity index (χ3n) is 2.36. The second-order valence-electron chi connectivity index (χ2n) is 3.41. The third-order valence-corrected chi connectivity index (χ3v) is 2.36. The molecule has 1 N–H and O–H groups in total. The molecule has 0 bridgehead atoms. The van der Waals surface area contributed by atoms with Gasteiger partial charge in [0.15, 0.2) is 0 Å². The Kier molecular flexibility index (Phi) is 4.09. The van der Waals surface area contributed by atoms with Crippen LogP contribution in [0.2, 0.25) is 0 Å². The highest BCUT2D eigenvalue weighted by atomic mass is 16.4. The van der Waals surface area contributed by atoms with Gasteiger partial charge in [0.25, 0.3) is 0 Å². The molecular formula is C11H15NO3. The number of carboxylic acids is 1. The predicted molar refractivity (Wildman–Crippen MR) is 56.3 cm³/mol. The number of hydrogen-bond donors (Lipinski definition) is 1. The molecule has 1 aliphatic rings. The molecule has 0 radical (unpaired) electrons. The summed E-state index contributed by atoms with van der Waals surface area (Å²) in [4.78, 5) is 23.8. The third kappa shape index (κ3) is 2.94. The molecule has 0 spiro atoms. The molecule has 0 aromatic carbocycles. The summed E-state index contributed by atoms with van der Waals surface area (Å²) in [5.41, 5.74) is 0. The summed E-state index contributed by atoms with van der Waals surface area (Å²) in [6.45, 7) is 2.39. The lowest BCUT2D eigenvalue weighted by Crippen LogP contribution is -2.39. The Morgan fingerprint density at radius 2 is 2.13 bits per heavy atom. The highest BCUT2D eigenvalue weighted by Gasteiger charge is 2.32. The minimum Gasteiger partial charge on any atom is -0.480 e. The number of amides is 1. The Bertz CT molecular complexity index is 307. The number of rotatable bonds is 3. The number of aliphatic carboxylic acids is 1. The van der Waals surface area contributed by atoms with Crippen molar-refractivity contribution in [2.24, 2.45) is 0 Å². The molecular weight excluding hydrogens is 194 g/mol. The average molecular weight is 209 g/mol. The largest absolute Gasteiger partial charge is 0.480 e. The fourth-order valence-electron chi connectivity index (χ4n) is 1.63. The van der Waals surface area contributed by atoms with Crippen molar-refractivity contribution in [3.63, 3.8) is 0 Å². The predicted octanol–water partition coefficient (Wildman–Crippen LogP) is 1.19. The summed E-state index contributed by atoms with van der Waals surface area (Å²) in [7, 11) is 0. The van der Waals surface area contributed by atoms with Crippen LogP contribution in [0.1, 0.15) is 19.8 Å². The van der Waals surface area contributed by atoms with Gasteiger partial charge in [0.1, 0.15) is 6.04 Å². The Labute approximate surface area is 88.9 Å². The first-order valence-electron chi connectivity index (χ1n) is 4.99. The van der Waals surface area contributed by atoms with E-state index in [4.69, 9.17) is 5.11 Å². The van der Waals surface area contributed by atoms with E-state index < -0.39 is 12.0 Å². The quantitative estimate of drug-likeness (QED) is 0.561. The van der Waals surface area contributed by atoms with E-state index in [1.807, 2.05) is 13.0 Å². The van der Waals surface area contributed by atoms with Gasteiger partial charge in [-0.25, -0.2) is 4.79 Å². The Morgan fingerprint density at radius 3 is 2.73 bits per heavy atom. The molecule has 4 heteroatoms. The molecule has 1 aliphatic heterocycles. The van der Waals surface area contributed by atoms with Crippen molar-refractivity contribution in [3.05, 3.63) is 24.3 Å². The standard InChI is InChI=1S/C11H15NO3/c1-2-3-4-7-10(13)12-8-5-6-9(12)11(14)15/h2-4,7,9H,5-6,8H2,1H3,(H,14,15)/t9-/m1/s1. The van der Waals surface area contributed by atoms with Crippen LogP contribution < -0.4 is 0 Å². The summed E-state index contributed by atoms with van der Waals surface area (Å²) >= 11 is 0. The number of carboxylic acid groups (broad SMARTS) is 1. The fourth-order valence-corrected chi connectivity index (χ4v) is 1.63. The first-order chi connectivity index (χ1) is 7.16. The topological polar surface area (TPSA) is 57.6 Å². The van der Waals surface area contributed by atoms with E-state index in [1.54, 1.807) is 12.2 Å². The first-order valence-corrected chi connectivity index (χ1v) is 4.99. The fraction of sp³-hybridized carbons (Fsp3) is 0.455. The number of carbonyl (C=O) groups excluding carboxylic acids is 1. The lowest BCUT2D eigenvalue weighted by Gasteiger charge is -2.19. The molecule has 0 aliphatic carbocycles. The summed E-state index contributed by atoms with van der Waals surface area (Å²) < 4.78 is 0. The van der Waals surface area contributed by atoms with Crippen molar-refractivity contribution < 1.29 is 14.7 Å². The zero-order valence-corrected chi connectivity index (χ0v) is 8.72. The van der Waals surface area contributed by atoms with Gasteiger partial charge in [0.05, 0.1) is 0 Å². The number of carbonyl (C=O) groups is 2. The van der Waals surface area contributed by atoms with Gasteiger partial charge in [0.2, 0.25) is 5.91 Å². The SMILES string of the molecule is CC=CC=CC(=O)N1CCC[C@@H]1C(=O)O. The zero-order valence-electron chi connectivity index (χ0n) is 8.72. The molecule has 0 unspecified atom stereocenters. The molecule has 0 saturated carbocycles. The van der Waals surface area contributed by atoms with E-state index in [2.05, 4.69) is 0 Å². The van der Waals surface area contributed by atoms with Crippen LogP contribution in [0.25, 0.3) is 0 Å². The van der Waals surface area contributed by atoms with Gasteiger partial charge in [-0.1, -0.05) is 18.2 Å². The number of hydrogen-bond acceptors (Lipinski definition) is 2. The van der Waals surface area contributed by atoms with Gasteiger partial charge in [-0.15, -0.1) is 0 Å². The molecule has 15 heavy (non-hydrogen) atoms. The van der Waals surface area contributed by atoms with E-state index in [0.717, 1.165) is 6.42 Å². The molecule has 1 heterocycles. The Balaban J connectivity index is 2.62. The minimum absolute atomic E-state index is 0.224. The Hall–Kier alpha value is -1.58. The van der Waals surface area contributed by atoms with Crippen molar-refractivity contribution in [1.82, 2.24) is 4.90 Å². The van der Waals surface area contributed by atoms with Crippen molar-refractivity contribution in [3.8, 4) is 0 Å². The highest BCUT2D eigenvalue weighted by molar-refractivity contribution is 5.91. The van der Waals surface area contributed by atoms with Crippen LogP contribution in [0.15, 0.2) is 24.3 Å². The van der Waals surface area contributed by atoms with Crippen LogP contribution >= 0.6 is 0 Å². The summed E-state index contributed by atoms with van der Waals surface area (Å²) in [5.74, 6) is -1.14. The van der Waals surface area contributed by atoms with E-state index in [-0.39, 0.29) is 5.91 Å². The van der Waals surface area contributed by atoms with E-state index in [9.17, 15) is 9.59 Å². The second kappa shape index (κ2) is 5.34. The monoisotopic (exact) mass is 209 g/mol. The molecule has 1 saturated heterocycles. The summed E-state index contributed by atoms with van der Waals surface area (Å²) in [5, 5.41) is 8.87. The summed E-state index contributed by atoms with van der Waals surface area (Å²) in [6.07, 6.45) is 7.89.